The third-order valence-electron chi connectivity index (χ3n) is 14.3. The summed E-state index contributed by atoms with van der Waals surface area (Å²) in [7, 11) is 0. The first-order valence-electron chi connectivity index (χ1n) is 28.7. The average Bonchev–Trinajstić information content (AvgIpc) is 4.26. The fourth-order valence-electron chi connectivity index (χ4n) is 9.55. The lowest BCUT2D eigenvalue weighted by Crippen LogP contribution is -2.61. The number of hydrogen-bond acceptors (Lipinski definition) is 16. The number of nitrogens with one attached hydrogen (secondary N) is 9. The van der Waals surface area contributed by atoms with Crippen LogP contribution in [0.1, 0.15) is 140 Å². The van der Waals surface area contributed by atoms with Crippen molar-refractivity contribution in [1.29, 1.82) is 0 Å². The highest BCUT2D eigenvalue weighted by atomic mass is 16.4. The highest BCUT2D eigenvalue weighted by Crippen LogP contribution is 2.24. The summed E-state index contributed by atoms with van der Waals surface area (Å²) >= 11 is 0. The van der Waals surface area contributed by atoms with Crippen LogP contribution in [-0.2, 0) is 67.1 Å². The summed E-state index contributed by atoms with van der Waals surface area (Å²) in [4.78, 5) is 188. The molecule has 0 saturated carbocycles. The number of unbranched alkanes of at least 4 members (excludes halogenated alkanes) is 1. The Morgan fingerprint density at radius 3 is 1.39 bits per heavy atom. The van der Waals surface area contributed by atoms with E-state index in [2.05, 4.69) is 42.5 Å². The summed E-state index contributed by atoms with van der Waals surface area (Å²) in [5.74, 6) is -14.0. The van der Waals surface area contributed by atoms with Gasteiger partial charge in [-0.15, -0.1) is 0 Å². The molecule has 30 heteroatoms. The van der Waals surface area contributed by atoms with Crippen LogP contribution in [0.5, 0.6) is 0 Å². The van der Waals surface area contributed by atoms with Gasteiger partial charge in [-0.1, -0.05) is 55.4 Å². The molecule has 2 heterocycles. The molecule has 0 spiro atoms. The number of likely N-dealkylation sites (tertiary alicyclic amines) is 2. The lowest BCUT2D eigenvalue weighted by Gasteiger charge is -2.34. The number of nitrogens with zero attached hydrogens (tertiary/aromatic N) is 2. The molecule has 0 radical (unpaired) electrons. The first kappa shape index (κ1) is 72.6. The number of carboxylic acid groups (broad SMARTS) is 2. The van der Waals surface area contributed by atoms with Crippen molar-refractivity contribution in [3.8, 4) is 0 Å². The highest BCUT2D eigenvalue weighted by Gasteiger charge is 2.44. The minimum atomic E-state index is -1.90. The van der Waals surface area contributed by atoms with Crippen molar-refractivity contribution in [3.63, 3.8) is 0 Å². The number of primary amides is 1. The lowest BCUT2D eigenvalue weighted by molar-refractivity contribution is -0.147. The van der Waals surface area contributed by atoms with E-state index >= 15 is 0 Å². The predicted octanol–water partition coefficient (Wildman–Crippen LogP) is -3.70. The molecule has 2 aliphatic rings. The molecule has 2 fully saturated rings. The molecule has 0 unspecified atom stereocenters. The van der Waals surface area contributed by atoms with Crippen LogP contribution in [0.2, 0.25) is 0 Å². The summed E-state index contributed by atoms with van der Waals surface area (Å²) in [6, 6.07) is -14.0. The second kappa shape index (κ2) is 34.9. The van der Waals surface area contributed by atoms with Gasteiger partial charge in [-0.3, -0.25) is 62.3 Å². The Kier molecular flexibility index (Phi) is 30.2. The van der Waals surface area contributed by atoms with Gasteiger partial charge in [0.15, 0.2) is 0 Å². The molecule has 0 aliphatic carbocycles. The zero-order valence-electron chi connectivity index (χ0n) is 50.0. The maximum absolute atomic E-state index is 14.5. The zero-order chi connectivity index (χ0) is 63.9. The average molecular weight is 1190 g/mol. The molecule has 0 bridgehead atoms. The monoisotopic (exact) mass is 1190 g/mol. The van der Waals surface area contributed by atoms with E-state index in [9.17, 15) is 72.2 Å². The molecule has 2 rings (SSSR count). The van der Waals surface area contributed by atoms with Crippen LogP contribution < -0.4 is 65.1 Å². The third kappa shape index (κ3) is 22.9. The van der Waals surface area contributed by atoms with Gasteiger partial charge in [-0.2, -0.15) is 0 Å². The largest absolute Gasteiger partial charge is 0.481 e. The lowest BCUT2D eigenvalue weighted by atomic mass is 9.98. The summed E-state index contributed by atoms with van der Waals surface area (Å²) in [6.45, 7) is 16.6. The fourth-order valence-corrected chi connectivity index (χ4v) is 9.55. The topological polar surface area (TPSA) is 472 Å². The summed E-state index contributed by atoms with van der Waals surface area (Å²) < 4.78 is 0. The number of carbonyl (C=O) groups is 14. The van der Waals surface area contributed by atoms with E-state index in [4.69, 9.17) is 22.3 Å². The maximum Gasteiger partial charge on any atom is 0.326 e. The van der Waals surface area contributed by atoms with Crippen LogP contribution in [-0.4, -0.2) is 195 Å². The van der Waals surface area contributed by atoms with Crippen molar-refractivity contribution in [1.82, 2.24) is 57.7 Å². The molecule has 30 nitrogen and oxygen atoms in total. The number of aliphatic carboxylic acids is 2. The maximum atomic E-state index is 14.5. The Balaban J connectivity index is 2.31. The second-order valence-electron chi connectivity index (χ2n) is 22.9. The van der Waals surface area contributed by atoms with E-state index < -0.39 is 186 Å². The Labute approximate surface area is 489 Å². The van der Waals surface area contributed by atoms with Crippen molar-refractivity contribution in [2.45, 2.75) is 206 Å². The van der Waals surface area contributed by atoms with Crippen molar-refractivity contribution in [2.24, 2.45) is 40.9 Å². The van der Waals surface area contributed by atoms with Crippen LogP contribution in [0, 0.1) is 23.7 Å². The Morgan fingerprint density at radius 1 is 0.488 bits per heavy atom. The number of hydrogen-bond donors (Lipinski definition) is 14. The van der Waals surface area contributed by atoms with Crippen LogP contribution >= 0.6 is 0 Å². The minimum Gasteiger partial charge on any atom is -0.481 e. The predicted molar refractivity (Wildman–Crippen MR) is 302 cm³/mol. The van der Waals surface area contributed by atoms with E-state index in [1.165, 1.54) is 23.6 Å². The van der Waals surface area contributed by atoms with Gasteiger partial charge in [0.1, 0.15) is 66.5 Å². The Morgan fingerprint density at radius 2 is 0.929 bits per heavy atom. The molecule has 12 amide bonds. The Hall–Kier alpha value is -7.50. The Bertz CT molecular complexity index is 2370. The van der Waals surface area contributed by atoms with Crippen molar-refractivity contribution < 1.29 is 77.3 Å². The van der Waals surface area contributed by atoms with E-state index in [1.54, 1.807) is 55.4 Å². The number of carboxylic acids is 2. The first-order chi connectivity index (χ1) is 39.3. The van der Waals surface area contributed by atoms with E-state index in [0.717, 1.165) is 0 Å². The van der Waals surface area contributed by atoms with Crippen LogP contribution in [0.3, 0.4) is 0 Å². The summed E-state index contributed by atoms with van der Waals surface area (Å²) in [6.07, 6.45) is 0.0938. The normalized spacial score (nSPS) is 18.2. The van der Waals surface area contributed by atoms with E-state index in [0.29, 0.717) is 19.3 Å². The van der Waals surface area contributed by atoms with Gasteiger partial charge < -0.3 is 85.1 Å². The van der Waals surface area contributed by atoms with Gasteiger partial charge in [0.05, 0.1) is 13.0 Å². The number of rotatable bonds is 35. The highest BCUT2D eigenvalue weighted by molar-refractivity contribution is 6.00. The fraction of sp³-hybridized carbons (Fsp3) is 0.741. The standard InChI is InChI=1S/C54H92N14O16/c1-26(2)23-34(48(77)64-41(27(3)4)51(80)61-32(15-11-12-20-55)46(75)60-33(18-19-38(57)69)47(76)63-35(54(83)84)24-40(71)72)62-49(78)36-16-13-21-67(36)53(82)43(29(7)8)66-50(79)37-17-14-22-68(37)52(81)42(28(5)6)65-45(74)31(10)59-44(73)30(9)58-39(70)25-56/h26-37,41-43H,11-25,55-56H2,1-10H3,(H2,57,69)(H,58,70)(H,59,73)(H,60,75)(H,61,80)(H,62,78)(H,63,76)(H,64,77)(H,65,74)(H,66,79)(H,71,72)(H,83,84)/t30-,31-,32-,33-,34-,35-,36-,37-,41-,42-,43-/m0/s1. The van der Waals surface area contributed by atoms with Gasteiger partial charge in [-0.25, -0.2) is 4.79 Å². The summed E-state index contributed by atoms with van der Waals surface area (Å²) in [5, 5.41) is 41.6. The van der Waals surface area contributed by atoms with Crippen molar-refractivity contribution >= 4 is 82.8 Å². The molecule has 0 aromatic carbocycles. The molecule has 2 saturated heterocycles. The molecule has 2 aliphatic heterocycles. The van der Waals surface area contributed by atoms with Crippen LogP contribution in [0.4, 0.5) is 0 Å². The van der Waals surface area contributed by atoms with Crippen LogP contribution in [0.25, 0.3) is 0 Å². The number of nitrogens with two attached hydrogens (primary N) is 3. The molecule has 17 N–H and O–H groups in total. The smallest absolute Gasteiger partial charge is 0.326 e. The molecular formula is C54H92N14O16. The molecule has 0 aromatic rings. The van der Waals surface area contributed by atoms with E-state index in [-0.39, 0.29) is 64.2 Å². The quantitative estimate of drug-likeness (QED) is 0.0272. The van der Waals surface area contributed by atoms with Crippen LogP contribution in [0.15, 0.2) is 0 Å². The SMILES string of the molecule is CC(C)C[C@H](NC(=O)[C@@H]1CCCN1C(=O)[C@@H](NC(=O)[C@@H]1CCCN1C(=O)[C@@H](NC(=O)[C@H](C)NC(=O)[C@H](C)NC(=O)CN)C(C)C)C(C)C)C(=O)N[C@H](C(=O)N[C@@H](CCCCN)C(=O)N[C@@H](CCC(N)=O)C(=O)N[C@@H](CC(=O)O)C(=O)O)C(C)C. The molecular weight excluding hydrogens is 1100 g/mol. The van der Waals surface area contributed by atoms with Gasteiger partial charge in [0, 0.05) is 19.5 Å². The van der Waals surface area contributed by atoms with Crippen molar-refractivity contribution in [3.05, 3.63) is 0 Å². The number of carbonyl (C=O) groups excluding carboxylic acids is 12. The first-order valence-corrected chi connectivity index (χ1v) is 28.7. The molecule has 0 aromatic heterocycles. The molecule has 11 atom stereocenters. The number of amides is 12. The minimum absolute atomic E-state index is 0.0391. The van der Waals surface area contributed by atoms with Gasteiger partial charge in [0.25, 0.3) is 0 Å². The second-order valence-corrected chi connectivity index (χ2v) is 22.9. The zero-order valence-corrected chi connectivity index (χ0v) is 50.0. The van der Waals surface area contributed by atoms with Gasteiger partial charge in [0.2, 0.25) is 70.9 Å². The molecule has 84 heavy (non-hydrogen) atoms. The van der Waals surface area contributed by atoms with Gasteiger partial charge in [-0.05, 0) is 102 Å². The van der Waals surface area contributed by atoms with E-state index in [1.807, 2.05) is 5.32 Å². The molecule has 474 valence electrons. The van der Waals surface area contributed by atoms with Crippen molar-refractivity contribution in [2.75, 3.05) is 26.2 Å². The third-order valence-corrected chi connectivity index (χ3v) is 14.3. The summed E-state index contributed by atoms with van der Waals surface area (Å²) in [5.41, 5.74) is 16.3. The van der Waals surface area contributed by atoms with Gasteiger partial charge >= 0.3 is 11.9 Å².